The topological polar surface area (TPSA) is 80.1 Å². The number of halogens is 4. The smallest absolute Gasteiger partial charge is 0.413 e. The number of hydrogen-bond donors (Lipinski definition) is 1. The van der Waals surface area contributed by atoms with E-state index in [0.29, 0.717) is 32.1 Å². The van der Waals surface area contributed by atoms with Crippen LogP contribution in [-0.4, -0.2) is 66.3 Å². The molecule has 0 amide bonds. The number of methoxy groups -OCH3 is 1. The molecule has 1 N–H and O–H groups in total. The molecule has 0 aliphatic carbocycles. The minimum Gasteiger partial charge on any atom is -0.497 e. The highest BCUT2D eigenvalue weighted by Crippen LogP contribution is 2.44. The first-order valence-corrected chi connectivity index (χ1v) is 10.7. The van der Waals surface area contributed by atoms with Crippen LogP contribution in [0.1, 0.15) is 18.6 Å². The number of β-amino-alcohol motifs (C(OH)–C–C–N with tert-alkyl or cyclic N) is 1. The number of hydrogen-bond acceptors (Lipinski definition) is 7. The first kappa shape index (κ1) is 23.7. The molecule has 0 saturated carbocycles. The average Bonchev–Trinajstić information content (AvgIpc) is 3.07. The van der Waals surface area contributed by atoms with Gasteiger partial charge in [0.05, 0.1) is 44.5 Å². The van der Waals surface area contributed by atoms with Gasteiger partial charge in [0, 0.05) is 24.7 Å². The Morgan fingerprint density at radius 2 is 2.00 bits per heavy atom. The minimum absolute atomic E-state index is 0.146. The van der Waals surface area contributed by atoms with E-state index in [9.17, 15) is 23.1 Å². The summed E-state index contributed by atoms with van der Waals surface area (Å²) in [7, 11) is 1.45. The fraction of sp³-hybridized carbons (Fsp3) is 0.524. The Morgan fingerprint density at radius 1 is 1.30 bits per heavy atom. The largest absolute Gasteiger partial charge is 0.497 e. The number of ether oxygens (including phenoxy) is 2. The van der Waals surface area contributed by atoms with Crippen LogP contribution >= 0.6 is 11.6 Å². The molecule has 2 atom stereocenters. The number of aliphatic hydroxyl groups excluding tert-OH is 1. The molecule has 33 heavy (non-hydrogen) atoms. The SMILES string of the molecule is COc1ccc(C(O)CN2c3nc(N4CCOCC4)cc(=O)n3CC2(C)C(F)(F)F)c(Cl)c1. The Balaban J connectivity index is 1.74. The fourth-order valence-electron chi connectivity index (χ4n) is 4.11. The normalized spacial score (nSPS) is 21.8. The molecule has 4 rings (SSSR count). The predicted octanol–water partition coefficient (Wildman–Crippen LogP) is 2.62. The van der Waals surface area contributed by atoms with Crippen LogP contribution in [0, 0.1) is 0 Å². The molecule has 2 unspecified atom stereocenters. The van der Waals surface area contributed by atoms with Crippen LogP contribution in [-0.2, 0) is 11.3 Å². The third kappa shape index (κ3) is 4.24. The first-order valence-electron chi connectivity index (χ1n) is 10.4. The number of rotatable bonds is 5. The van der Waals surface area contributed by atoms with E-state index in [4.69, 9.17) is 21.1 Å². The van der Waals surface area contributed by atoms with E-state index in [1.54, 1.807) is 11.0 Å². The van der Waals surface area contributed by atoms with Crippen molar-refractivity contribution in [2.75, 3.05) is 49.8 Å². The second-order valence-corrected chi connectivity index (χ2v) is 8.63. The van der Waals surface area contributed by atoms with E-state index in [1.807, 2.05) is 0 Å². The van der Waals surface area contributed by atoms with Crippen molar-refractivity contribution in [1.82, 2.24) is 9.55 Å². The lowest BCUT2D eigenvalue weighted by molar-refractivity contribution is -0.183. The number of benzene rings is 1. The summed E-state index contributed by atoms with van der Waals surface area (Å²) >= 11 is 6.23. The molecule has 2 aromatic rings. The van der Waals surface area contributed by atoms with Crippen LogP contribution in [0.4, 0.5) is 24.9 Å². The Kier molecular flexibility index (Phi) is 6.23. The summed E-state index contributed by atoms with van der Waals surface area (Å²) in [5, 5.41) is 11.0. The number of fused-ring (bicyclic) bond motifs is 1. The van der Waals surface area contributed by atoms with E-state index in [0.717, 1.165) is 16.4 Å². The number of morpholine rings is 1. The Hall–Kier alpha value is -2.50. The van der Waals surface area contributed by atoms with Gasteiger partial charge in [-0.25, -0.2) is 0 Å². The van der Waals surface area contributed by atoms with E-state index in [2.05, 4.69) is 4.98 Å². The van der Waals surface area contributed by atoms with Crippen LogP contribution < -0.4 is 20.1 Å². The predicted molar refractivity (Wildman–Crippen MR) is 116 cm³/mol. The second kappa shape index (κ2) is 8.69. The minimum atomic E-state index is -4.70. The number of alkyl halides is 3. The van der Waals surface area contributed by atoms with E-state index >= 15 is 0 Å². The van der Waals surface area contributed by atoms with Crippen molar-refractivity contribution in [2.24, 2.45) is 0 Å². The van der Waals surface area contributed by atoms with Crippen molar-refractivity contribution in [3.63, 3.8) is 0 Å². The van der Waals surface area contributed by atoms with Crippen molar-refractivity contribution in [3.8, 4) is 5.75 Å². The molecular formula is C21H24ClF3N4O4. The van der Waals surface area contributed by atoms with Crippen LogP contribution in [0.2, 0.25) is 5.02 Å². The molecule has 12 heteroatoms. The zero-order valence-corrected chi connectivity index (χ0v) is 18.9. The first-order chi connectivity index (χ1) is 15.5. The summed E-state index contributed by atoms with van der Waals surface area (Å²) in [4.78, 5) is 20.0. The van der Waals surface area contributed by atoms with E-state index in [1.165, 1.54) is 25.3 Å². The molecule has 2 aliphatic rings. The van der Waals surface area contributed by atoms with Gasteiger partial charge in [-0.1, -0.05) is 17.7 Å². The van der Waals surface area contributed by atoms with Gasteiger partial charge in [0.15, 0.2) is 5.54 Å². The maximum absolute atomic E-state index is 14.2. The van der Waals surface area contributed by atoms with Crippen molar-refractivity contribution in [1.29, 1.82) is 0 Å². The zero-order valence-electron chi connectivity index (χ0n) is 18.1. The molecular weight excluding hydrogens is 465 g/mol. The molecule has 1 aromatic carbocycles. The number of aliphatic hydroxyl groups is 1. The fourth-order valence-corrected chi connectivity index (χ4v) is 4.40. The van der Waals surface area contributed by atoms with Crippen LogP contribution in [0.5, 0.6) is 5.75 Å². The van der Waals surface area contributed by atoms with Gasteiger partial charge in [0.2, 0.25) is 5.95 Å². The number of aromatic nitrogens is 2. The van der Waals surface area contributed by atoms with Gasteiger partial charge < -0.3 is 24.4 Å². The maximum atomic E-state index is 14.2. The van der Waals surface area contributed by atoms with Gasteiger partial charge in [-0.15, -0.1) is 0 Å². The summed E-state index contributed by atoms with van der Waals surface area (Å²) in [6, 6.07) is 5.77. The lowest BCUT2D eigenvalue weighted by atomic mass is 9.99. The third-order valence-electron chi connectivity index (χ3n) is 6.15. The molecule has 180 valence electrons. The van der Waals surface area contributed by atoms with Gasteiger partial charge in [-0.3, -0.25) is 9.36 Å². The monoisotopic (exact) mass is 488 g/mol. The van der Waals surface area contributed by atoms with Gasteiger partial charge in [0.25, 0.3) is 5.56 Å². The Morgan fingerprint density at radius 3 is 2.61 bits per heavy atom. The summed E-state index contributed by atoms with van der Waals surface area (Å²) in [6.45, 7) is 1.69. The Labute approximate surface area is 193 Å². The lowest BCUT2D eigenvalue weighted by Gasteiger charge is -2.38. The van der Waals surface area contributed by atoms with Crippen molar-refractivity contribution >= 4 is 23.4 Å². The summed E-state index contributed by atoms with van der Waals surface area (Å²) in [5.74, 6) is 0.585. The second-order valence-electron chi connectivity index (χ2n) is 8.22. The van der Waals surface area contributed by atoms with Crippen molar-refractivity contribution in [3.05, 3.63) is 45.2 Å². The molecule has 1 saturated heterocycles. The highest BCUT2D eigenvalue weighted by molar-refractivity contribution is 6.31. The molecule has 0 bridgehead atoms. The van der Waals surface area contributed by atoms with Gasteiger partial charge in [-0.05, 0) is 19.1 Å². The van der Waals surface area contributed by atoms with Gasteiger partial charge >= 0.3 is 6.18 Å². The van der Waals surface area contributed by atoms with Crippen molar-refractivity contribution in [2.45, 2.75) is 31.3 Å². The van der Waals surface area contributed by atoms with Crippen LogP contribution in [0.25, 0.3) is 0 Å². The molecule has 8 nitrogen and oxygen atoms in total. The molecule has 1 fully saturated rings. The van der Waals surface area contributed by atoms with Gasteiger partial charge in [-0.2, -0.15) is 18.2 Å². The summed E-state index contributed by atoms with van der Waals surface area (Å²) in [6.07, 6.45) is -6.07. The summed E-state index contributed by atoms with van der Waals surface area (Å²) < 4.78 is 54.1. The zero-order chi connectivity index (χ0) is 24.0. The van der Waals surface area contributed by atoms with E-state index < -0.39 is 36.5 Å². The highest BCUT2D eigenvalue weighted by Gasteiger charge is 2.60. The van der Waals surface area contributed by atoms with Crippen LogP contribution in [0.15, 0.2) is 29.1 Å². The molecule has 0 spiro atoms. The highest BCUT2D eigenvalue weighted by atomic mass is 35.5. The third-order valence-corrected chi connectivity index (χ3v) is 6.47. The number of nitrogens with zero attached hydrogens (tertiary/aromatic N) is 4. The molecule has 1 aromatic heterocycles. The lowest BCUT2D eigenvalue weighted by Crippen LogP contribution is -2.57. The van der Waals surface area contributed by atoms with Crippen molar-refractivity contribution < 1.29 is 27.8 Å². The number of anilines is 2. The average molecular weight is 489 g/mol. The van der Waals surface area contributed by atoms with Gasteiger partial charge in [0.1, 0.15) is 11.6 Å². The molecule has 0 radical (unpaired) electrons. The molecule has 2 aliphatic heterocycles. The molecule has 3 heterocycles. The standard InChI is InChI=1S/C21H24ClF3N4O4/c1-20(21(23,24)25)12-28-18(31)10-17(27-5-7-33-8-6-27)26-19(28)29(20)11-16(30)14-4-3-13(32-2)9-15(14)22/h3-4,9-10,16,30H,5-8,11-12H2,1-2H3. The summed E-state index contributed by atoms with van der Waals surface area (Å²) in [5.41, 5.74) is -2.79. The Bertz CT molecular complexity index is 1090. The quantitative estimate of drug-likeness (QED) is 0.693. The van der Waals surface area contributed by atoms with E-state index in [-0.39, 0.29) is 22.4 Å². The maximum Gasteiger partial charge on any atom is 0.413 e. The van der Waals surface area contributed by atoms with Crippen LogP contribution in [0.3, 0.4) is 0 Å².